The van der Waals surface area contributed by atoms with Crippen LogP contribution in [0.3, 0.4) is 0 Å². The quantitative estimate of drug-likeness (QED) is 0.307. The highest BCUT2D eigenvalue weighted by atomic mass is 19.1. The predicted molar refractivity (Wildman–Crippen MR) is 138 cm³/mol. The Balaban J connectivity index is 1.58. The first-order valence-electron chi connectivity index (χ1n) is 11.9. The van der Waals surface area contributed by atoms with E-state index in [-0.39, 0.29) is 25.2 Å². The summed E-state index contributed by atoms with van der Waals surface area (Å²) < 4.78 is 25.9. The maximum Gasteiger partial charge on any atom is 0.312 e. The lowest BCUT2D eigenvalue weighted by Crippen LogP contribution is -2.38. The van der Waals surface area contributed by atoms with Crippen molar-refractivity contribution in [2.75, 3.05) is 7.11 Å². The molecule has 0 bridgehead atoms. The van der Waals surface area contributed by atoms with Gasteiger partial charge in [-0.1, -0.05) is 31.2 Å². The van der Waals surface area contributed by atoms with Gasteiger partial charge < -0.3 is 15.2 Å². The standard InChI is InChI=1S/C29H28FN3O4/c1-3-29(17-27(31)34,28(35)36-2)16-19-8-9-26(23(30)14-19)37-18-21-15-25(20-10-12-32-13-11-20)33-24-7-5-4-6-22(21)24/h4-15H,3,16-18H2,1-2H3,(H2,31,34)/t29-/m0/s1. The number of nitrogens with zero attached hydrogens (tertiary/aromatic N) is 2. The minimum Gasteiger partial charge on any atom is -0.486 e. The molecule has 4 rings (SSSR count). The number of carbonyl (C=O) groups is 2. The Kier molecular flexibility index (Phi) is 7.77. The molecule has 0 saturated heterocycles. The van der Waals surface area contributed by atoms with Gasteiger partial charge in [0.25, 0.3) is 0 Å². The molecule has 7 nitrogen and oxygen atoms in total. The fraction of sp³-hybridized carbons (Fsp3) is 0.241. The number of aromatic nitrogens is 2. The summed E-state index contributed by atoms with van der Waals surface area (Å²) in [5.74, 6) is -1.67. The van der Waals surface area contributed by atoms with E-state index in [9.17, 15) is 9.59 Å². The third kappa shape index (κ3) is 5.74. The second-order valence-corrected chi connectivity index (χ2v) is 8.92. The average Bonchev–Trinajstić information content (AvgIpc) is 2.91. The number of rotatable bonds is 10. The molecule has 0 aliphatic carbocycles. The number of nitrogens with two attached hydrogens (primary N) is 1. The number of amides is 1. The molecule has 2 heterocycles. The van der Waals surface area contributed by atoms with E-state index in [1.165, 1.54) is 19.2 Å². The van der Waals surface area contributed by atoms with Crippen molar-refractivity contribution in [1.29, 1.82) is 0 Å². The minimum atomic E-state index is -1.16. The molecule has 2 N–H and O–H groups in total. The highest BCUT2D eigenvalue weighted by molar-refractivity contribution is 5.86. The van der Waals surface area contributed by atoms with Crippen LogP contribution in [0.1, 0.15) is 30.9 Å². The Bertz CT molecular complexity index is 1430. The van der Waals surface area contributed by atoms with E-state index in [1.54, 1.807) is 25.4 Å². The van der Waals surface area contributed by atoms with Crippen molar-refractivity contribution in [1.82, 2.24) is 9.97 Å². The zero-order valence-corrected chi connectivity index (χ0v) is 20.7. The van der Waals surface area contributed by atoms with E-state index in [4.69, 9.17) is 20.2 Å². The number of carbonyl (C=O) groups excluding carboxylic acids is 2. The van der Waals surface area contributed by atoms with Crippen molar-refractivity contribution in [2.24, 2.45) is 11.1 Å². The molecule has 0 spiro atoms. The van der Waals surface area contributed by atoms with Crippen LogP contribution < -0.4 is 10.5 Å². The summed E-state index contributed by atoms with van der Waals surface area (Å²) in [6.45, 7) is 1.90. The average molecular weight is 502 g/mol. The first-order valence-corrected chi connectivity index (χ1v) is 11.9. The first kappa shape index (κ1) is 25.8. The molecule has 4 aromatic rings. The summed E-state index contributed by atoms with van der Waals surface area (Å²) >= 11 is 0. The molecule has 2 aromatic heterocycles. The van der Waals surface area contributed by atoms with Crippen molar-refractivity contribution in [3.8, 4) is 17.0 Å². The minimum absolute atomic E-state index is 0.0742. The Labute approximate surface area is 214 Å². The van der Waals surface area contributed by atoms with Gasteiger partial charge in [-0.3, -0.25) is 14.6 Å². The molecule has 1 atom stereocenters. The third-order valence-corrected chi connectivity index (χ3v) is 6.51. The summed E-state index contributed by atoms with van der Waals surface area (Å²) in [6.07, 6.45) is 3.65. The molecular weight excluding hydrogens is 473 g/mol. The van der Waals surface area contributed by atoms with Crippen LogP contribution in [-0.2, 0) is 27.4 Å². The number of halogens is 1. The number of hydrogen-bond acceptors (Lipinski definition) is 6. The molecule has 2 aromatic carbocycles. The number of para-hydroxylation sites is 1. The van der Waals surface area contributed by atoms with Crippen LogP contribution in [0.5, 0.6) is 5.75 Å². The van der Waals surface area contributed by atoms with E-state index in [1.807, 2.05) is 42.5 Å². The van der Waals surface area contributed by atoms with Gasteiger partial charge in [0, 0.05) is 35.3 Å². The Hall–Kier alpha value is -4.33. The predicted octanol–water partition coefficient (Wildman–Crippen LogP) is 5.00. The lowest BCUT2D eigenvalue weighted by atomic mass is 9.76. The van der Waals surface area contributed by atoms with Gasteiger partial charge in [-0.05, 0) is 54.8 Å². The summed E-state index contributed by atoms with van der Waals surface area (Å²) in [4.78, 5) is 32.9. The normalized spacial score (nSPS) is 12.6. The van der Waals surface area contributed by atoms with Crippen LogP contribution in [-0.4, -0.2) is 29.0 Å². The largest absolute Gasteiger partial charge is 0.486 e. The SMILES string of the molecule is CC[C@@](CC(N)=O)(Cc1ccc(OCc2cc(-c3ccncc3)nc3ccccc23)c(F)c1)C(=O)OC. The van der Waals surface area contributed by atoms with Crippen LogP contribution in [0.4, 0.5) is 4.39 Å². The molecule has 0 fully saturated rings. The fourth-order valence-corrected chi connectivity index (χ4v) is 4.51. The molecule has 8 heteroatoms. The Morgan fingerprint density at radius 3 is 2.49 bits per heavy atom. The molecule has 1 amide bonds. The molecule has 0 aliphatic heterocycles. The van der Waals surface area contributed by atoms with Crippen molar-refractivity contribution in [3.63, 3.8) is 0 Å². The second-order valence-electron chi connectivity index (χ2n) is 8.92. The molecule has 190 valence electrons. The first-order chi connectivity index (χ1) is 17.8. The number of fused-ring (bicyclic) bond motifs is 1. The zero-order valence-electron chi connectivity index (χ0n) is 20.7. The molecule has 37 heavy (non-hydrogen) atoms. The second kappa shape index (κ2) is 11.2. The number of ether oxygens (including phenoxy) is 2. The topological polar surface area (TPSA) is 104 Å². The number of benzene rings is 2. The van der Waals surface area contributed by atoms with E-state index in [2.05, 4.69) is 4.98 Å². The summed E-state index contributed by atoms with van der Waals surface area (Å²) in [5.41, 5.74) is 8.11. The maximum absolute atomic E-state index is 15.1. The molecule has 0 radical (unpaired) electrons. The van der Waals surface area contributed by atoms with Gasteiger partial charge in [-0.2, -0.15) is 0 Å². The summed E-state index contributed by atoms with van der Waals surface area (Å²) in [7, 11) is 1.26. The number of pyridine rings is 2. The highest BCUT2D eigenvalue weighted by Crippen LogP contribution is 2.34. The van der Waals surface area contributed by atoms with Gasteiger partial charge in [0.1, 0.15) is 6.61 Å². The van der Waals surface area contributed by atoms with Crippen molar-refractivity contribution in [2.45, 2.75) is 32.8 Å². The molecule has 0 aliphatic rings. The van der Waals surface area contributed by atoms with Gasteiger partial charge in [0.15, 0.2) is 11.6 Å². The third-order valence-electron chi connectivity index (χ3n) is 6.51. The number of esters is 1. The number of methoxy groups -OCH3 is 1. The Morgan fingerprint density at radius 2 is 1.81 bits per heavy atom. The van der Waals surface area contributed by atoms with Crippen LogP contribution in [0.25, 0.3) is 22.2 Å². The summed E-state index contributed by atoms with van der Waals surface area (Å²) in [6, 6.07) is 17.9. The van der Waals surface area contributed by atoms with Crippen LogP contribution in [0, 0.1) is 11.2 Å². The lowest BCUT2D eigenvalue weighted by molar-refractivity contribution is -0.155. The van der Waals surface area contributed by atoms with Gasteiger partial charge in [-0.15, -0.1) is 0 Å². The van der Waals surface area contributed by atoms with Crippen molar-refractivity contribution in [3.05, 3.63) is 90.0 Å². The fourth-order valence-electron chi connectivity index (χ4n) is 4.51. The molecule has 0 saturated carbocycles. The summed E-state index contributed by atoms with van der Waals surface area (Å²) in [5, 5.41) is 0.912. The maximum atomic E-state index is 15.1. The van der Waals surface area contributed by atoms with Crippen LogP contribution in [0.15, 0.2) is 73.1 Å². The van der Waals surface area contributed by atoms with Crippen LogP contribution >= 0.6 is 0 Å². The number of primary amides is 1. The smallest absolute Gasteiger partial charge is 0.312 e. The zero-order chi connectivity index (χ0) is 26.4. The van der Waals surface area contributed by atoms with Crippen molar-refractivity contribution < 1.29 is 23.5 Å². The van der Waals surface area contributed by atoms with E-state index in [0.717, 1.165) is 27.7 Å². The molecule has 0 unspecified atom stereocenters. The van der Waals surface area contributed by atoms with Gasteiger partial charge >= 0.3 is 5.97 Å². The van der Waals surface area contributed by atoms with E-state index >= 15 is 4.39 Å². The van der Waals surface area contributed by atoms with Gasteiger partial charge in [-0.25, -0.2) is 9.37 Å². The number of hydrogen-bond donors (Lipinski definition) is 1. The van der Waals surface area contributed by atoms with E-state index < -0.39 is 23.1 Å². The van der Waals surface area contributed by atoms with Crippen molar-refractivity contribution >= 4 is 22.8 Å². The monoisotopic (exact) mass is 501 g/mol. The lowest BCUT2D eigenvalue weighted by Gasteiger charge is -2.28. The highest BCUT2D eigenvalue weighted by Gasteiger charge is 2.39. The molecular formula is C29H28FN3O4. The van der Waals surface area contributed by atoms with Crippen LogP contribution in [0.2, 0.25) is 0 Å². The Morgan fingerprint density at radius 1 is 1.05 bits per heavy atom. The van der Waals surface area contributed by atoms with Gasteiger partial charge in [0.2, 0.25) is 5.91 Å². The van der Waals surface area contributed by atoms with Gasteiger partial charge in [0.05, 0.1) is 23.7 Å². The van der Waals surface area contributed by atoms with E-state index in [0.29, 0.717) is 12.0 Å².